The van der Waals surface area contributed by atoms with Gasteiger partial charge in [0.2, 0.25) is 11.8 Å². The first-order valence-electron chi connectivity index (χ1n) is 4.50. The fourth-order valence-electron chi connectivity index (χ4n) is 1.82. The van der Waals surface area contributed by atoms with Crippen molar-refractivity contribution in [3.05, 3.63) is 12.7 Å². The van der Waals surface area contributed by atoms with Gasteiger partial charge in [0, 0.05) is 12.4 Å². The second-order valence-electron chi connectivity index (χ2n) is 3.57. The maximum Gasteiger partial charge on any atom is 0.244 e. The van der Waals surface area contributed by atoms with E-state index in [2.05, 4.69) is 17.2 Å². The van der Waals surface area contributed by atoms with E-state index in [0.29, 0.717) is 13.0 Å². The predicted molar refractivity (Wildman–Crippen MR) is 54.6 cm³/mol. The van der Waals surface area contributed by atoms with Crippen LogP contribution in [0.2, 0.25) is 0 Å². The van der Waals surface area contributed by atoms with E-state index in [-0.39, 0.29) is 17.7 Å². The first kappa shape index (κ1) is 9.73. The van der Waals surface area contributed by atoms with Crippen LogP contribution in [0.4, 0.5) is 0 Å². The van der Waals surface area contributed by atoms with E-state index < -0.39 is 4.75 Å². The van der Waals surface area contributed by atoms with Gasteiger partial charge in [-0.05, 0) is 6.42 Å². The van der Waals surface area contributed by atoms with Crippen LogP contribution in [0.5, 0.6) is 0 Å². The van der Waals surface area contributed by atoms with E-state index in [1.54, 1.807) is 17.8 Å². The molecule has 2 aliphatic rings. The predicted octanol–water partition coefficient (Wildman–Crippen LogP) is -0.132. The molecule has 0 aliphatic carbocycles. The summed E-state index contributed by atoms with van der Waals surface area (Å²) in [5, 5.41) is 5.53. The van der Waals surface area contributed by atoms with E-state index in [0.717, 1.165) is 5.88 Å². The Kier molecular flexibility index (Phi) is 2.36. The minimum absolute atomic E-state index is 0.157. The maximum atomic E-state index is 11.7. The molecule has 2 heterocycles. The smallest absolute Gasteiger partial charge is 0.244 e. The lowest BCUT2D eigenvalue weighted by molar-refractivity contribution is -0.136. The lowest BCUT2D eigenvalue weighted by Crippen LogP contribution is -2.56. The molecule has 76 valence electrons. The highest BCUT2D eigenvalue weighted by molar-refractivity contribution is 8.01. The van der Waals surface area contributed by atoms with Gasteiger partial charge in [0.1, 0.15) is 4.75 Å². The monoisotopic (exact) mass is 212 g/mol. The molecule has 0 aromatic heterocycles. The molecule has 2 N–H and O–H groups in total. The molecule has 2 amide bonds. The Morgan fingerprint density at radius 3 is 2.93 bits per heavy atom. The average molecular weight is 212 g/mol. The molecule has 14 heavy (non-hydrogen) atoms. The summed E-state index contributed by atoms with van der Waals surface area (Å²) in [6, 6.07) is 0. The Balaban J connectivity index is 2.22. The standard InChI is InChI=1S/C9H12N2O2S/c1-2-6-3-9(4-10-5-14-9)8(13)11-7(6)12/h2,6,10H,1,3-5H2,(H,11,12,13)/t6?,9-/m0/s1. The highest BCUT2D eigenvalue weighted by Crippen LogP contribution is 2.38. The quantitative estimate of drug-likeness (QED) is 0.469. The van der Waals surface area contributed by atoms with Crippen molar-refractivity contribution in [1.82, 2.24) is 10.6 Å². The molecule has 2 saturated heterocycles. The zero-order valence-electron chi connectivity index (χ0n) is 7.71. The van der Waals surface area contributed by atoms with Gasteiger partial charge in [0.05, 0.1) is 5.92 Å². The molecule has 1 spiro atoms. The van der Waals surface area contributed by atoms with Crippen molar-refractivity contribution in [1.29, 1.82) is 0 Å². The van der Waals surface area contributed by atoms with Crippen molar-refractivity contribution in [2.45, 2.75) is 11.2 Å². The molecule has 5 heteroatoms. The van der Waals surface area contributed by atoms with E-state index in [9.17, 15) is 9.59 Å². The van der Waals surface area contributed by atoms with Crippen LogP contribution in [0.15, 0.2) is 12.7 Å². The van der Waals surface area contributed by atoms with Crippen LogP contribution in [0.25, 0.3) is 0 Å². The van der Waals surface area contributed by atoms with Crippen LogP contribution >= 0.6 is 11.8 Å². The molecule has 4 nitrogen and oxygen atoms in total. The maximum absolute atomic E-state index is 11.7. The molecule has 2 aliphatic heterocycles. The number of hydrogen-bond acceptors (Lipinski definition) is 4. The van der Waals surface area contributed by atoms with E-state index in [1.807, 2.05) is 0 Å². The van der Waals surface area contributed by atoms with Crippen molar-refractivity contribution in [3.8, 4) is 0 Å². The fourth-order valence-corrected chi connectivity index (χ4v) is 2.98. The number of nitrogens with one attached hydrogen (secondary N) is 2. The summed E-state index contributed by atoms with van der Waals surface area (Å²) >= 11 is 1.57. The summed E-state index contributed by atoms with van der Waals surface area (Å²) in [5.41, 5.74) is 0. The second-order valence-corrected chi connectivity index (χ2v) is 4.93. The molecule has 2 fully saturated rings. The van der Waals surface area contributed by atoms with Crippen molar-refractivity contribution in [2.75, 3.05) is 12.4 Å². The van der Waals surface area contributed by atoms with Gasteiger partial charge in [-0.25, -0.2) is 0 Å². The topological polar surface area (TPSA) is 58.2 Å². The fraction of sp³-hybridized carbons (Fsp3) is 0.556. The minimum atomic E-state index is -0.452. The van der Waals surface area contributed by atoms with Crippen molar-refractivity contribution >= 4 is 23.6 Å². The summed E-state index contributed by atoms with van der Waals surface area (Å²) in [6.07, 6.45) is 2.18. The average Bonchev–Trinajstić information content (AvgIpc) is 2.61. The lowest BCUT2D eigenvalue weighted by Gasteiger charge is -2.33. The van der Waals surface area contributed by atoms with Gasteiger partial charge in [-0.3, -0.25) is 14.9 Å². The molecule has 1 unspecified atom stereocenters. The van der Waals surface area contributed by atoms with Gasteiger partial charge < -0.3 is 5.32 Å². The Morgan fingerprint density at radius 2 is 2.36 bits per heavy atom. The number of thioether (sulfide) groups is 1. The van der Waals surface area contributed by atoms with Gasteiger partial charge in [0.15, 0.2) is 0 Å². The number of carbonyl (C=O) groups excluding carboxylic acids is 2. The van der Waals surface area contributed by atoms with E-state index in [1.165, 1.54) is 0 Å². The van der Waals surface area contributed by atoms with Crippen LogP contribution in [0.3, 0.4) is 0 Å². The zero-order valence-corrected chi connectivity index (χ0v) is 8.52. The number of imide groups is 1. The molecular weight excluding hydrogens is 200 g/mol. The SMILES string of the molecule is C=CC1C[C@]2(CNCS2)C(=O)NC1=O. The van der Waals surface area contributed by atoms with Gasteiger partial charge in [0.25, 0.3) is 0 Å². The van der Waals surface area contributed by atoms with Gasteiger partial charge >= 0.3 is 0 Å². The minimum Gasteiger partial charge on any atom is -0.306 e. The van der Waals surface area contributed by atoms with Crippen LogP contribution in [0, 0.1) is 5.92 Å². The first-order chi connectivity index (χ1) is 6.68. The number of piperidine rings is 1. The third kappa shape index (κ3) is 1.36. The molecule has 0 saturated carbocycles. The highest BCUT2D eigenvalue weighted by Gasteiger charge is 2.48. The van der Waals surface area contributed by atoms with Crippen molar-refractivity contribution in [2.24, 2.45) is 5.92 Å². The Bertz CT molecular complexity index is 297. The van der Waals surface area contributed by atoms with Gasteiger partial charge in [-0.1, -0.05) is 6.08 Å². The van der Waals surface area contributed by atoms with Crippen molar-refractivity contribution in [3.63, 3.8) is 0 Å². The third-order valence-electron chi connectivity index (χ3n) is 2.68. The highest BCUT2D eigenvalue weighted by atomic mass is 32.2. The van der Waals surface area contributed by atoms with E-state index >= 15 is 0 Å². The Hall–Kier alpha value is -0.810. The summed E-state index contributed by atoms with van der Waals surface area (Å²) in [5.74, 6) is 0.157. The first-order valence-corrected chi connectivity index (χ1v) is 5.49. The summed E-state index contributed by atoms with van der Waals surface area (Å²) < 4.78 is -0.452. The Morgan fingerprint density at radius 1 is 1.57 bits per heavy atom. The van der Waals surface area contributed by atoms with E-state index in [4.69, 9.17) is 0 Å². The Labute approximate surface area is 86.5 Å². The largest absolute Gasteiger partial charge is 0.306 e. The van der Waals surface area contributed by atoms with Crippen LogP contribution in [-0.2, 0) is 9.59 Å². The van der Waals surface area contributed by atoms with Crippen LogP contribution in [-0.4, -0.2) is 29.0 Å². The molecular formula is C9H12N2O2S. The summed E-state index contributed by atoms with van der Waals surface area (Å²) in [6.45, 7) is 4.25. The number of amides is 2. The number of hydrogen-bond donors (Lipinski definition) is 2. The third-order valence-corrected chi connectivity index (χ3v) is 4.08. The molecule has 0 radical (unpaired) electrons. The molecule has 2 atom stereocenters. The van der Waals surface area contributed by atoms with Crippen LogP contribution < -0.4 is 10.6 Å². The summed E-state index contributed by atoms with van der Waals surface area (Å²) in [4.78, 5) is 23.0. The molecule has 0 aromatic rings. The zero-order chi connectivity index (χ0) is 10.2. The second kappa shape index (κ2) is 3.40. The number of rotatable bonds is 1. The molecule has 2 rings (SSSR count). The van der Waals surface area contributed by atoms with Gasteiger partial charge in [-0.2, -0.15) is 0 Å². The normalized spacial score (nSPS) is 37.3. The van der Waals surface area contributed by atoms with Crippen molar-refractivity contribution < 1.29 is 9.59 Å². The molecule has 0 bridgehead atoms. The number of carbonyl (C=O) groups is 2. The van der Waals surface area contributed by atoms with Crippen LogP contribution in [0.1, 0.15) is 6.42 Å². The van der Waals surface area contributed by atoms with Gasteiger partial charge in [-0.15, -0.1) is 18.3 Å². The summed E-state index contributed by atoms with van der Waals surface area (Å²) in [7, 11) is 0. The lowest BCUT2D eigenvalue weighted by atomic mass is 9.88. The molecule has 0 aromatic carbocycles.